The smallest absolute Gasteiger partial charge is 0.251 e. The molecule has 174 valence electrons. The first-order chi connectivity index (χ1) is 17.1. The number of ether oxygens (including phenoxy) is 1. The summed E-state index contributed by atoms with van der Waals surface area (Å²) in [7, 11) is 1.67. The van der Waals surface area contributed by atoms with Crippen molar-refractivity contribution in [3.63, 3.8) is 0 Å². The number of hydrogen-bond donors (Lipinski definition) is 1. The first-order valence-corrected chi connectivity index (χ1v) is 11.3. The molecule has 0 unspecified atom stereocenters. The molecule has 5 rings (SSSR count). The standard InChI is InChI=1S/C29H24FN3O2/c1-35-28-11-3-2-10-25(28)22-8-4-7-21(14-22)18-33-19-32-26-13-12-23(16-27(26)33)29(34)31-17-20-6-5-9-24(30)15-20/h2-16,19H,17-18H2,1H3,(H,31,34). The molecule has 0 bridgehead atoms. The van der Waals surface area contributed by atoms with Crippen LogP contribution in [0.2, 0.25) is 0 Å². The number of hydrogen-bond acceptors (Lipinski definition) is 3. The largest absolute Gasteiger partial charge is 0.496 e. The minimum atomic E-state index is -0.322. The zero-order valence-electron chi connectivity index (χ0n) is 19.2. The number of nitrogens with zero attached hydrogens (tertiary/aromatic N) is 2. The van der Waals surface area contributed by atoms with Crippen molar-refractivity contribution in [2.45, 2.75) is 13.1 Å². The third-order valence-corrected chi connectivity index (χ3v) is 5.92. The van der Waals surface area contributed by atoms with Gasteiger partial charge in [0.1, 0.15) is 11.6 Å². The van der Waals surface area contributed by atoms with Gasteiger partial charge >= 0.3 is 0 Å². The van der Waals surface area contributed by atoms with Gasteiger partial charge in [-0.1, -0.05) is 48.5 Å². The summed E-state index contributed by atoms with van der Waals surface area (Å²) in [6, 6.07) is 27.9. The molecule has 0 fully saturated rings. The lowest BCUT2D eigenvalue weighted by Crippen LogP contribution is -2.22. The molecular formula is C29H24FN3O2. The van der Waals surface area contributed by atoms with Crippen LogP contribution in [-0.4, -0.2) is 22.6 Å². The van der Waals surface area contributed by atoms with Gasteiger partial charge in [-0.05, 0) is 59.2 Å². The van der Waals surface area contributed by atoms with E-state index in [4.69, 9.17) is 4.74 Å². The van der Waals surface area contributed by atoms with E-state index in [-0.39, 0.29) is 18.3 Å². The first-order valence-electron chi connectivity index (χ1n) is 11.3. The zero-order valence-corrected chi connectivity index (χ0v) is 19.2. The average molecular weight is 466 g/mol. The molecule has 0 atom stereocenters. The van der Waals surface area contributed by atoms with Gasteiger partial charge < -0.3 is 14.6 Å². The SMILES string of the molecule is COc1ccccc1-c1cccc(Cn2cnc3ccc(C(=O)NCc4cccc(F)c4)cc32)c1. The van der Waals surface area contributed by atoms with Crippen LogP contribution < -0.4 is 10.1 Å². The lowest BCUT2D eigenvalue weighted by Gasteiger charge is -2.11. The number of methoxy groups -OCH3 is 1. The zero-order chi connectivity index (χ0) is 24.2. The van der Waals surface area contributed by atoms with E-state index in [9.17, 15) is 9.18 Å². The monoisotopic (exact) mass is 465 g/mol. The Balaban J connectivity index is 1.37. The van der Waals surface area contributed by atoms with Crippen molar-refractivity contribution >= 4 is 16.9 Å². The third kappa shape index (κ3) is 4.92. The van der Waals surface area contributed by atoms with Gasteiger partial charge in [0.25, 0.3) is 5.91 Å². The first kappa shape index (κ1) is 22.3. The van der Waals surface area contributed by atoms with Crippen molar-refractivity contribution in [2.24, 2.45) is 0 Å². The number of rotatable bonds is 7. The lowest BCUT2D eigenvalue weighted by atomic mass is 10.0. The van der Waals surface area contributed by atoms with Crippen LogP contribution in [0.4, 0.5) is 4.39 Å². The van der Waals surface area contributed by atoms with E-state index < -0.39 is 0 Å². The highest BCUT2D eigenvalue weighted by Gasteiger charge is 2.11. The van der Waals surface area contributed by atoms with Gasteiger partial charge in [0.2, 0.25) is 0 Å². The lowest BCUT2D eigenvalue weighted by molar-refractivity contribution is 0.0951. The van der Waals surface area contributed by atoms with E-state index in [1.807, 2.05) is 47.0 Å². The van der Waals surface area contributed by atoms with Crippen LogP contribution in [0.25, 0.3) is 22.2 Å². The summed E-state index contributed by atoms with van der Waals surface area (Å²) in [5.41, 5.74) is 6.12. The van der Waals surface area contributed by atoms with Gasteiger partial charge in [0, 0.05) is 24.2 Å². The molecule has 1 amide bonds. The Morgan fingerprint density at radius 1 is 0.943 bits per heavy atom. The Hall–Kier alpha value is -4.45. The fraction of sp³-hybridized carbons (Fsp3) is 0.103. The maximum Gasteiger partial charge on any atom is 0.251 e. The maximum absolute atomic E-state index is 13.4. The quantitative estimate of drug-likeness (QED) is 0.329. The molecule has 6 heteroatoms. The van der Waals surface area contributed by atoms with Crippen LogP contribution in [-0.2, 0) is 13.1 Å². The van der Waals surface area contributed by atoms with Crippen LogP contribution in [0.5, 0.6) is 5.75 Å². The second-order valence-corrected chi connectivity index (χ2v) is 8.29. The molecule has 1 heterocycles. The molecule has 4 aromatic carbocycles. The molecular weight excluding hydrogens is 441 g/mol. The summed E-state index contributed by atoms with van der Waals surface area (Å²) in [5, 5.41) is 2.86. The van der Waals surface area contributed by atoms with Gasteiger partial charge in [0.15, 0.2) is 0 Å². The molecule has 1 N–H and O–H groups in total. The number of nitrogens with one attached hydrogen (secondary N) is 1. The summed E-state index contributed by atoms with van der Waals surface area (Å²) in [4.78, 5) is 17.2. The molecule has 0 saturated carbocycles. The van der Waals surface area contributed by atoms with Crippen molar-refractivity contribution < 1.29 is 13.9 Å². The van der Waals surface area contributed by atoms with Gasteiger partial charge in [-0.15, -0.1) is 0 Å². The summed E-state index contributed by atoms with van der Waals surface area (Å²) in [6.45, 7) is 0.859. The maximum atomic E-state index is 13.4. The molecule has 5 nitrogen and oxygen atoms in total. The minimum Gasteiger partial charge on any atom is -0.496 e. The van der Waals surface area contributed by atoms with E-state index in [1.165, 1.54) is 12.1 Å². The molecule has 0 spiro atoms. The van der Waals surface area contributed by atoms with E-state index in [1.54, 1.807) is 31.6 Å². The number of para-hydroxylation sites is 1. The Morgan fingerprint density at radius 2 is 1.77 bits per heavy atom. The van der Waals surface area contributed by atoms with Crippen LogP contribution in [0.15, 0.2) is 97.3 Å². The minimum absolute atomic E-state index is 0.220. The Bertz CT molecular complexity index is 1510. The van der Waals surface area contributed by atoms with Gasteiger partial charge in [-0.2, -0.15) is 0 Å². The molecule has 0 aliphatic rings. The molecule has 0 saturated heterocycles. The molecule has 0 aliphatic carbocycles. The summed E-state index contributed by atoms with van der Waals surface area (Å²) in [6.07, 6.45) is 1.79. The van der Waals surface area contributed by atoms with Crippen molar-refractivity contribution in [1.82, 2.24) is 14.9 Å². The fourth-order valence-corrected chi connectivity index (χ4v) is 4.17. The number of benzene rings is 4. The van der Waals surface area contributed by atoms with E-state index >= 15 is 0 Å². The van der Waals surface area contributed by atoms with Crippen LogP contribution in [0.3, 0.4) is 0 Å². The number of imidazole rings is 1. The predicted octanol–water partition coefficient (Wildman–Crippen LogP) is 5.83. The number of fused-ring (bicyclic) bond motifs is 1. The molecule has 0 aliphatic heterocycles. The highest BCUT2D eigenvalue weighted by Crippen LogP contribution is 2.30. The average Bonchev–Trinajstić information content (AvgIpc) is 3.29. The number of halogens is 1. The summed E-state index contributed by atoms with van der Waals surface area (Å²) >= 11 is 0. The fourth-order valence-electron chi connectivity index (χ4n) is 4.17. The number of amides is 1. The van der Waals surface area contributed by atoms with E-state index in [2.05, 4.69) is 28.5 Å². The van der Waals surface area contributed by atoms with Crippen LogP contribution in [0, 0.1) is 5.82 Å². The molecule has 1 aromatic heterocycles. The third-order valence-electron chi connectivity index (χ3n) is 5.92. The number of aromatic nitrogens is 2. The summed E-state index contributed by atoms with van der Waals surface area (Å²) in [5.74, 6) is 0.283. The predicted molar refractivity (Wildman–Crippen MR) is 135 cm³/mol. The number of carbonyl (C=O) groups excluding carboxylic acids is 1. The highest BCUT2D eigenvalue weighted by atomic mass is 19.1. The van der Waals surface area contributed by atoms with Crippen molar-refractivity contribution in [2.75, 3.05) is 7.11 Å². The van der Waals surface area contributed by atoms with E-state index in [0.717, 1.165) is 33.5 Å². The van der Waals surface area contributed by atoms with E-state index in [0.29, 0.717) is 17.7 Å². The summed E-state index contributed by atoms with van der Waals surface area (Å²) < 4.78 is 21.0. The highest BCUT2D eigenvalue weighted by molar-refractivity contribution is 5.97. The normalized spacial score (nSPS) is 10.9. The van der Waals surface area contributed by atoms with Crippen molar-refractivity contribution in [3.8, 4) is 16.9 Å². The van der Waals surface area contributed by atoms with Crippen LogP contribution in [0.1, 0.15) is 21.5 Å². The molecule has 35 heavy (non-hydrogen) atoms. The Morgan fingerprint density at radius 3 is 2.63 bits per heavy atom. The van der Waals surface area contributed by atoms with Gasteiger partial charge in [0.05, 0.1) is 24.5 Å². The second-order valence-electron chi connectivity index (χ2n) is 8.29. The Labute approximate surface area is 202 Å². The second kappa shape index (κ2) is 9.81. The van der Waals surface area contributed by atoms with Crippen LogP contribution >= 0.6 is 0 Å². The van der Waals surface area contributed by atoms with Gasteiger partial charge in [-0.3, -0.25) is 4.79 Å². The Kier molecular flexibility index (Phi) is 6.26. The van der Waals surface area contributed by atoms with Crippen molar-refractivity contribution in [1.29, 1.82) is 0 Å². The van der Waals surface area contributed by atoms with Gasteiger partial charge in [-0.25, -0.2) is 9.37 Å². The topological polar surface area (TPSA) is 56.2 Å². The number of carbonyl (C=O) groups is 1. The molecule has 5 aromatic rings. The van der Waals surface area contributed by atoms with Crippen molar-refractivity contribution in [3.05, 3.63) is 120 Å². The molecule has 0 radical (unpaired) electrons.